The van der Waals surface area contributed by atoms with Crippen molar-refractivity contribution in [3.63, 3.8) is 0 Å². The number of rotatable bonds is 8. The molecule has 1 fully saturated rings. The van der Waals surface area contributed by atoms with E-state index in [9.17, 15) is 4.79 Å². The predicted octanol–water partition coefficient (Wildman–Crippen LogP) is 4.73. The molecule has 5 nitrogen and oxygen atoms in total. The summed E-state index contributed by atoms with van der Waals surface area (Å²) in [5, 5.41) is 15.3. The molecule has 0 aliphatic heterocycles. The summed E-state index contributed by atoms with van der Waals surface area (Å²) in [4.78, 5) is 17.5. The monoisotopic (exact) mass is 410 g/mol. The zero-order valence-corrected chi connectivity index (χ0v) is 17.4. The molecule has 3 aromatic rings. The molecule has 1 aliphatic carbocycles. The van der Waals surface area contributed by atoms with E-state index < -0.39 is 6.04 Å². The number of pyridine rings is 1. The first-order valence-electron chi connectivity index (χ1n) is 10.8. The molecule has 31 heavy (non-hydrogen) atoms. The number of hydrogen-bond acceptors (Lipinski definition) is 4. The minimum absolute atomic E-state index is 0.130. The van der Waals surface area contributed by atoms with Crippen LogP contribution in [0.4, 0.5) is 5.82 Å². The van der Waals surface area contributed by atoms with Crippen LogP contribution in [0.25, 0.3) is 0 Å². The van der Waals surface area contributed by atoms with E-state index >= 15 is 0 Å². The van der Waals surface area contributed by atoms with Crippen molar-refractivity contribution in [2.75, 3.05) is 11.9 Å². The summed E-state index contributed by atoms with van der Waals surface area (Å²) in [6.07, 6.45) is 6.39. The van der Waals surface area contributed by atoms with Crippen molar-refractivity contribution < 1.29 is 4.79 Å². The Bertz CT molecular complexity index is 1040. The third-order valence-electron chi connectivity index (χ3n) is 5.85. The van der Waals surface area contributed by atoms with Crippen molar-refractivity contribution in [2.24, 2.45) is 0 Å². The third kappa shape index (κ3) is 5.36. The number of nitrogens with one attached hydrogen (secondary N) is 2. The lowest BCUT2D eigenvalue weighted by Gasteiger charge is -2.25. The number of nitriles is 1. The first-order chi connectivity index (χ1) is 15.2. The fourth-order valence-electron chi connectivity index (χ4n) is 3.77. The van der Waals surface area contributed by atoms with E-state index in [0.717, 1.165) is 17.5 Å². The average Bonchev–Trinajstić information content (AvgIpc) is 2.78. The Kier molecular flexibility index (Phi) is 6.71. The Morgan fingerprint density at radius 1 is 1.06 bits per heavy atom. The molecule has 0 radical (unpaired) electrons. The van der Waals surface area contributed by atoms with Crippen molar-refractivity contribution in [3.8, 4) is 6.07 Å². The number of carbonyl (C=O) groups excluding carboxylic acids is 1. The number of amides is 1. The maximum absolute atomic E-state index is 13.1. The van der Waals surface area contributed by atoms with E-state index in [1.54, 1.807) is 0 Å². The van der Waals surface area contributed by atoms with Crippen LogP contribution in [-0.2, 0) is 11.2 Å². The molecule has 1 heterocycles. The highest BCUT2D eigenvalue weighted by Crippen LogP contribution is 2.36. The number of benzene rings is 2. The van der Waals surface area contributed by atoms with Gasteiger partial charge in [0.15, 0.2) is 0 Å². The first-order valence-corrected chi connectivity index (χ1v) is 10.8. The van der Waals surface area contributed by atoms with Gasteiger partial charge in [0.2, 0.25) is 5.91 Å². The smallest absolute Gasteiger partial charge is 0.247 e. The molecule has 0 unspecified atom stereocenters. The lowest BCUT2D eigenvalue weighted by atomic mass is 9.81. The average molecular weight is 411 g/mol. The van der Waals surface area contributed by atoms with Gasteiger partial charge in [0.25, 0.3) is 0 Å². The topological polar surface area (TPSA) is 77.8 Å². The normalized spacial score (nSPS) is 14.3. The molecule has 1 saturated carbocycles. The molecule has 156 valence electrons. The predicted molar refractivity (Wildman–Crippen MR) is 122 cm³/mol. The van der Waals surface area contributed by atoms with Gasteiger partial charge in [-0.1, -0.05) is 55.0 Å². The summed E-state index contributed by atoms with van der Waals surface area (Å²) in [7, 11) is 0. The lowest BCUT2D eigenvalue weighted by molar-refractivity contribution is -0.118. The van der Waals surface area contributed by atoms with E-state index in [1.165, 1.54) is 24.8 Å². The molecule has 1 atom stereocenters. The Labute approximate surface area is 183 Å². The second kappa shape index (κ2) is 10.0. The van der Waals surface area contributed by atoms with Gasteiger partial charge in [-0.05, 0) is 60.1 Å². The van der Waals surface area contributed by atoms with Crippen LogP contribution in [0.15, 0.2) is 72.9 Å². The van der Waals surface area contributed by atoms with Crippen LogP contribution in [0.2, 0.25) is 0 Å². The second-order valence-corrected chi connectivity index (χ2v) is 7.95. The van der Waals surface area contributed by atoms with Crippen molar-refractivity contribution >= 4 is 11.7 Å². The number of aromatic nitrogens is 1. The van der Waals surface area contributed by atoms with Crippen molar-refractivity contribution in [3.05, 3.63) is 95.2 Å². The van der Waals surface area contributed by atoms with Gasteiger partial charge in [0, 0.05) is 12.7 Å². The molecular weight excluding hydrogens is 384 g/mol. The lowest BCUT2D eigenvalue weighted by Crippen LogP contribution is -2.34. The van der Waals surface area contributed by atoms with Crippen LogP contribution >= 0.6 is 0 Å². The number of hydrogen-bond donors (Lipinski definition) is 2. The molecule has 0 bridgehead atoms. The van der Waals surface area contributed by atoms with Crippen LogP contribution in [0.1, 0.15) is 53.5 Å². The van der Waals surface area contributed by atoms with Gasteiger partial charge in [0.05, 0.1) is 11.6 Å². The molecule has 2 aromatic carbocycles. The van der Waals surface area contributed by atoms with E-state index in [1.807, 2.05) is 66.9 Å². The molecule has 1 aromatic heterocycles. The zero-order valence-electron chi connectivity index (χ0n) is 17.4. The Balaban J connectivity index is 1.40. The van der Waals surface area contributed by atoms with Crippen LogP contribution in [0.3, 0.4) is 0 Å². The molecule has 5 heteroatoms. The Morgan fingerprint density at radius 2 is 1.84 bits per heavy atom. The van der Waals surface area contributed by atoms with Gasteiger partial charge < -0.3 is 10.6 Å². The van der Waals surface area contributed by atoms with Gasteiger partial charge in [0.1, 0.15) is 11.9 Å². The largest absolute Gasteiger partial charge is 0.309 e. The molecule has 1 amide bonds. The standard InChI is InChI=1S/C26H26N4O/c27-17-20-11-9-19(10-12-20)15-16-28-25(22-5-2-1-3-6-22)26(31)30-24-14-13-23(18-29-24)21-7-4-8-21/h1-3,5-6,9-14,18,21,25,28H,4,7-8,15-16H2,(H,29,30,31)/t25-/m1/s1. The minimum atomic E-state index is -0.479. The van der Waals surface area contributed by atoms with Gasteiger partial charge in [-0.2, -0.15) is 5.26 Å². The van der Waals surface area contributed by atoms with Gasteiger partial charge in [-0.25, -0.2) is 4.98 Å². The fraction of sp³-hybridized carbons (Fsp3) is 0.269. The number of anilines is 1. The fourth-order valence-corrected chi connectivity index (χ4v) is 3.77. The van der Waals surface area contributed by atoms with Crippen LogP contribution in [-0.4, -0.2) is 17.4 Å². The zero-order chi connectivity index (χ0) is 21.5. The van der Waals surface area contributed by atoms with Crippen molar-refractivity contribution in [1.29, 1.82) is 5.26 Å². The molecule has 1 aliphatic rings. The third-order valence-corrected chi connectivity index (χ3v) is 5.85. The highest BCUT2D eigenvalue weighted by atomic mass is 16.2. The number of carbonyl (C=O) groups is 1. The Hall–Kier alpha value is -3.49. The minimum Gasteiger partial charge on any atom is -0.309 e. The molecule has 0 spiro atoms. The van der Waals surface area contributed by atoms with E-state index in [4.69, 9.17) is 5.26 Å². The van der Waals surface area contributed by atoms with Crippen LogP contribution in [0, 0.1) is 11.3 Å². The summed E-state index contributed by atoms with van der Waals surface area (Å²) in [6.45, 7) is 0.632. The first kappa shape index (κ1) is 20.8. The highest BCUT2D eigenvalue weighted by Gasteiger charge is 2.22. The van der Waals surface area contributed by atoms with E-state index in [0.29, 0.717) is 23.8 Å². The molecule has 0 saturated heterocycles. The summed E-state index contributed by atoms with van der Waals surface area (Å²) < 4.78 is 0. The van der Waals surface area contributed by atoms with Crippen molar-refractivity contribution in [1.82, 2.24) is 10.3 Å². The second-order valence-electron chi connectivity index (χ2n) is 7.95. The summed E-state index contributed by atoms with van der Waals surface area (Å²) >= 11 is 0. The SMILES string of the molecule is N#Cc1ccc(CCN[C@@H](C(=O)Nc2ccc(C3CCC3)cn2)c2ccccc2)cc1. The van der Waals surface area contributed by atoms with Crippen LogP contribution in [0.5, 0.6) is 0 Å². The van der Waals surface area contributed by atoms with E-state index in [2.05, 4.69) is 27.8 Å². The van der Waals surface area contributed by atoms with Crippen molar-refractivity contribution in [2.45, 2.75) is 37.6 Å². The van der Waals surface area contributed by atoms with E-state index in [-0.39, 0.29) is 5.91 Å². The molecule has 2 N–H and O–H groups in total. The summed E-state index contributed by atoms with van der Waals surface area (Å²) in [5.41, 5.74) is 3.93. The van der Waals surface area contributed by atoms with Gasteiger partial charge in [-0.15, -0.1) is 0 Å². The number of nitrogens with zero attached hydrogens (tertiary/aromatic N) is 2. The maximum Gasteiger partial charge on any atom is 0.247 e. The van der Waals surface area contributed by atoms with Gasteiger partial charge >= 0.3 is 0 Å². The summed E-state index contributed by atoms with van der Waals surface area (Å²) in [6, 6.07) is 22.9. The quantitative estimate of drug-likeness (QED) is 0.563. The molecule has 4 rings (SSSR count). The maximum atomic E-state index is 13.1. The van der Waals surface area contributed by atoms with Gasteiger partial charge in [-0.3, -0.25) is 4.79 Å². The Morgan fingerprint density at radius 3 is 2.45 bits per heavy atom. The highest BCUT2D eigenvalue weighted by molar-refractivity contribution is 5.94. The van der Waals surface area contributed by atoms with Crippen LogP contribution < -0.4 is 10.6 Å². The molecular formula is C26H26N4O. The summed E-state index contributed by atoms with van der Waals surface area (Å²) in [5.74, 6) is 1.07.